The minimum absolute atomic E-state index is 0.0351. The van der Waals surface area contributed by atoms with E-state index in [0.717, 1.165) is 0 Å². The van der Waals surface area contributed by atoms with Crippen LogP contribution in [0.4, 0.5) is 4.39 Å². The number of halogens is 1. The number of aromatic hydroxyl groups is 1. The van der Waals surface area contributed by atoms with Gasteiger partial charge in [0.1, 0.15) is 5.82 Å². The lowest BCUT2D eigenvalue weighted by Crippen LogP contribution is -1.88. The molecule has 0 aliphatic carbocycles. The number of phenolic OH excluding ortho intramolecular Hbond substituents is 1. The molecule has 3 nitrogen and oxygen atoms in total. The number of nitriles is 1. The van der Waals surface area contributed by atoms with Gasteiger partial charge in [-0.15, -0.1) is 0 Å². The van der Waals surface area contributed by atoms with Gasteiger partial charge in [0.05, 0.1) is 18.8 Å². The van der Waals surface area contributed by atoms with Gasteiger partial charge in [-0.1, -0.05) is 24.3 Å². The average molecular weight is 269 g/mol. The molecule has 0 aliphatic heterocycles. The van der Waals surface area contributed by atoms with Gasteiger partial charge in [0.2, 0.25) is 0 Å². The van der Waals surface area contributed by atoms with E-state index in [1.165, 1.54) is 31.4 Å². The van der Waals surface area contributed by atoms with Crippen LogP contribution in [0.1, 0.15) is 11.1 Å². The first kappa shape index (κ1) is 13.6. The highest BCUT2D eigenvalue weighted by molar-refractivity contribution is 5.90. The highest BCUT2D eigenvalue weighted by Gasteiger charge is 2.08. The number of phenols is 1. The van der Waals surface area contributed by atoms with Crippen LogP contribution in [0.3, 0.4) is 0 Å². The Morgan fingerprint density at radius 2 is 2.05 bits per heavy atom. The van der Waals surface area contributed by atoms with E-state index in [1.54, 1.807) is 24.3 Å². The Kier molecular flexibility index (Phi) is 4.02. The van der Waals surface area contributed by atoms with Crippen LogP contribution < -0.4 is 4.74 Å². The summed E-state index contributed by atoms with van der Waals surface area (Å²) in [6.07, 6.45) is 1.51. The molecule has 0 heterocycles. The second-order valence-electron chi connectivity index (χ2n) is 4.08. The molecule has 0 radical (unpaired) electrons. The number of rotatable bonds is 3. The van der Waals surface area contributed by atoms with Gasteiger partial charge >= 0.3 is 0 Å². The second kappa shape index (κ2) is 5.89. The van der Waals surface area contributed by atoms with Crippen molar-refractivity contribution >= 4 is 11.6 Å². The number of allylic oxidation sites excluding steroid dienone is 1. The minimum Gasteiger partial charge on any atom is -0.504 e. The summed E-state index contributed by atoms with van der Waals surface area (Å²) in [5.74, 6) is -0.156. The van der Waals surface area contributed by atoms with Crippen molar-refractivity contribution in [2.24, 2.45) is 0 Å². The van der Waals surface area contributed by atoms with E-state index in [-0.39, 0.29) is 16.9 Å². The van der Waals surface area contributed by atoms with E-state index in [1.807, 2.05) is 6.07 Å². The van der Waals surface area contributed by atoms with Crippen molar-refractivity contribution in [3.63, 3.8) is 0 Å². The van der Waals surface area contributed by atoms with Crippen LogP contribution in [0.15, 0.2) is 42.5 Å². The van der Waals surface area contributed by atoms with E-state index in [9.17, 15) is 9.50 Å². The first-order valence-electron chi connectivity index (χ1n) is 5.89. The summed E-state index contributed by atoms with van der Waals surface area (Å²) >= 11 is 0. The Bertz CT molecular complexity index is 702. The zero-order chi connectivity index (χ0) is 14.5. The van der Waals surface area contributed by atoms with E-state index in [2.05, 4.69) is 0 Å². The predicted octanol–water partition coefficient (Wildman–Crippen LogP) is 3.60. The third-order valence-corrected chi connectivity index (χ3v) is 2.80. The van der Waals surface area contributed by atoms with Crippen LogP contribution in [0.2, 0.25) is 0 Å². The molecule has 100 valence electrons. The summed E-state index contributed by atoms with van der Waals surface area (Å²) in [5.41, 5.74) is 1.00. The number of hydrogen-bond acceptors (Lipinski definition) is 3. The lowest BCUT2D eigenvalue weighted by Gasteiger charge is -2.05. The van der Waals surface area contributed by atoms with E-state index in [0.29, 0.717) is 11.3 Å². The summed E-state index contributed by atoms with van der Waals surface area (Å²) < 4.78 is 18.6. The third kappa shape index (κ3) is 2.78. The van der Waals surface area contributed by atoms with Gasteiger partial charge in [-0.2, -0.15) is 5.26 Å². The van der Waals surface area contributed by atoms with Crippen LogP contribution >= 0.6 is 0 Å². The van der Waals surface area contributed by atoms with Crippen molar-refractivity contribution in [2.45, 2.75) is 0 Å². The maximum atomic E-state index is 13.7. The SMILES string of the molecule is COc1ccc(C=C(C#N)c2ccccc2F)cc1O. The van der Waals surface area contributed by atoms with Crippen molar-refractivity contribution in [2.75, 3.05) is 7.11 Å². The summed E-state index contributed by atoms with van der Waals surface area (Å²) in [6.45, 7) is 0. The maximum Gasteiger partial charge on any atom is 0.160 e. The first-order valence-corrected chi connectivity index (χ1v) is 5.89. The Hall–Kier alpha value is -2.80. The summed E-state index contributed by atoms with van der Waals surface area (Å²) in [6, 6.07) is 12.7. The van der Waals surface area contributed by atoms with Crippen LogP contribution in [0, 0.1) is 17.1 Å². The summed E-state index contributed by atoms with van der Waals surface area (Å²) in [4.78, 5) is 0. The molecule has 0 aromatic heterocycles. The van der Waals surface area contributed by atoms with Gasteiger partial charge < -0.3 is 9.84 Å². The number of ether oxygens (including phenoxy) is 1. The number of benzene rings is 2. The highest BCUT2D eigenvalue weighted by atomic mass is 19.1. The van der Waals surface area contributed by atoms with Crippen LogP contribution in [0.25, 0.3) is 11.6 Å². The standard InChI is InChI=1S/C16H12FNO2/c1-20-16-7-6-11(9-15(16)19)8-12(10-18)13-4-2-3-5-14(13)17/h2-9,19H,1H3. The highest BCUT2D eigenvalue weighted by Crippen LogP contribution is 2.28. The van der Waals surface area contributed by atoms with Gasteiger partial charge in [0, 0.05) is 5.56 Å². The number of nitrogens with zero attached hydrogens (tertiary/aromatic N) is 1. The van der Waals surface area contributed by atoms with Crippen molar-refractivity contribution < 1.29 is 14.2 Å². The molecule has 0 spiro atoms. The zero-order valence-electron chi connectivity index (χ0n) is 10.8. The molecule has 0 saturated heterocycles. The molecule has 2 rings (SSSR count). The number of hydrogen-bond donors (Lipinski definition) is 1. The minimum atomic E-state index is -0.460. The van der Waals surface area contributed by atoms with Crippen molar-refractivity contribution in [1.82, 2.24) is 0 Å². The quantitative estimate of drug-likeness (QED) is 0.684. The molecule has 2 aromatic rings. The molecule has 0 aliphatic rings. The monoisotopic (exact) mass is 269 g/mol. The van der Waals surface area contributed by atoms with E-state index in [4.69, 9.17) is 10.00 Å². The fourth-order valence-electron chi connectivity index (χ4n) is 1.81. The molecule has 0 amide bonds. The van der Waals surface area contributed by atoms with Crippen molar-refractivity contribution in [3.8, 4) is 17.6 Å². The van der Waals surface area contributed by atoms with Crippen LogP contribution in [0.5, 0.6) is 11.5 Å². The predicted molar refractivity (Wildman–Crippen MR) is 74.5 cm³/mol. The van der Waals surface area contributed by atoms with Crippen LogP contribution in [-0.4, -0.2) is 12.2 Å². The lowest BCUT2D eigenvalue weighted by atomic mass is 10.0. The molecule has 0 bridgehead atoms. The molecular weight excluding hydrogens is 257 g/mol. The fraction of sp³-hybridized carbons (Fsp3) is 0.0625. The van der Waals surface area contributed by atoms with Gasteiger partial charge in [-0.25, -0.2) is 4.39 Å². The largest absolute Gasteiger partial charge is 0.504 e. The second-order valence-corrected chi connectivity index (χ2v) is 4.08. The average Bonchev–Trinajstić information content (AvgIpc) is 2.46. The Morgan fingerprint density at radius 3 is 2.65 bits per heavy atom. The molecule has 2 aromatic carbocycles. The topological polar surface area (TPSA) is 53.2 Å². The van der Waals surface area contributed by atoms with Crippen molar-refractivity contribution in [1.29, 1.82) is 5.26 Å². The molecule has 0 unspecified atom stereocenters. The van der Waals surface area contributed by atoms with Gasteiger partial charge in [0.15, 0.2) is 11.5 Å². The van der Waals surface area contributed by atoms with Gasteiger partial charge in [-0.3, -0.25) is 0 Å². The fourth-order valence-corrected chi connectivity index (χ4v) is 1.81. The van der Waals surface area contributed by atoms with E-state index >= 15 is 0 Å². The molecule has 1 N–H and O–H groups in total. The maximum absolute atomic E-state index is 13.7. The van der Waals surface area contributed by atoms with Gasteiger partial charge in [0.25, 0.3) is 0 Å². The third-order valence-electron chi connectivity index (χ3n) is 2.80. The number of methoxy groups -OCH3 is 1. The normalized spacial score (nSPS) is 10.9. The molecule has 0 atom stereocenters. The molecular formula is C16H12FNO2. The molecule has 0 fully saturated rings. The Balaban J connectivity index is 2.45. The Labute approximate surface area is 116 Å². The Morgan fingerprint density at radius 1 is 1.30 bits per heavy atom. The summed E-state index contributed by atoms with van der Waals surface area (Å²) in [5, 5.41) is 18.9. The summed E-state index contributed by atoms with van der Waals surface area (Å²) in [7, 11) is 1.45. The zero-order valence-corrected chi connectivity index (χ0v) is 10.8. The molecule has 0 saturated carbocycles. The van der Waals surface area contributed by atoms with E-state index < -0.39 is 5.82 Å². The lowest BCUT2D eigenvalue weighted by molar-refractivity contribution is 0.373. The van der Waals surface area contributed by atoms with Crippen molar-refractivity contribution in [3.05, 3.63) is 59.4 Å². The van der Waals surface area contributed by atoms with Gasteiger partial charge in [-0.05, 0) is 29.8 Å². The first-order chi connectivity index (χ1) is 9.65. The molecule has 20 heavy (non-hydrogen) atoms. The smallest absolute Gasteiger partial charge is 0.160 e. The van der Waals surface area contributed by atoms with Crippen LogP contribution in [-0.2, 0) is 0 Å². The molecule has 4 heteroatoms.